The Morgan fingerprint density at radius 3 is 2.88 bits per heavy atom. The number of ether oxygens (including phenoxy) is 1. The number of nitrogens with zero attached hydrogens (tertiary/aromatic N) is 3. The van der Waals surface area contributed by atoms with Crippen LogP contribution in [0.2, 0.25) is 0 Å². The molecule has 1 aliphatic rings. The van der Waals surface area contributed by atoms with Gasteiger partial charge in [0.2, 0.25) is 5.95 Å². The lowest BCUT2D eigenvalue weighted by atomic mass is 10.0. The van der Waals surface area contributed by atoms with E-state index in [9.17, 15) is 4.79 Å². The molecule has 1 aliphatic heterocycles. The molecule has 1 atom stereocenters. The van der Waals surface area contributed by atoms with Gasteiger partial charge in [0.25, 0.3) is 5.91 Å². The third-order valence-electron chi connectivity index (χ3n) is 2.63. The summed E-state index contributed by atoms with van der Waals surface area (Å²) in [6.45, 7) is 3.17. The zero-order chi connectivity index (χ0) is 11.6. The molecule has 0 unspecified atom stereocenters. The van der Waals surface area contributed by atoms with E-state index in [1.165, 1.54) is 0 Å². The molecule has 0 bridgehead atoms. The SMILES string of the molecule is C[C@@]1(C(N)=O)CN(c2ncccn2)CCO1. The summed E-state index contributed by atoms with van der Waals surface area (Å²) in [6.07, 6.45) is 3.33. The van der Waals surface area contributed by atoms with E-state index in [2.05, 4.69) is 9.97 Å². The van der Waals surface area contributed by atoms with Crippen LogP contribution in [0.5, 0.6) is 0 Å². The fraction of sp³-hybridized carbons (Fsp3) is 0.500. The molecule has 16 heavy (non-hydrogen) atoms. The highest BCUT2D eigenvalue weighted by atomic mass is 16.5. The molecule has 0 radical (unpaired) electrons. The Hall–Kier alpha value is -1.69. The minimum atomic E-state index is -0.961. The van der Waals surface area contributed by atoms with Crippen LogP contribution in [0.3, 0.4) is 0 Å². The molecule has 0 aliphatic carbocycles. The maximum absolute atomic E-state index is 11.3. The molecule has 2 rings (SSSR count). The van der Waals surface area contributed by atoms with Gasteiger partial charge in [-0.3, -0.25) is 4.79 Å². The summed E-state index contributed by atoms with van der Waals surface area (Å²) in [6, 6.07) is 1.75. The summed E-state index contributed by atoms with van der Waals surface area (Å²) in [7, 11) is 0. The summed E-state index contributed by atoms with van der Waals surface area (Å²) in [4.78, 5) is 21.4. The molecule has 2 heterocycles. The second-order valence-corrected chi connectivity index (χ2v) is 3.91. The Bertz CT molecular complexity index is 384. The highest BCUT2D eigenvalue weighted by Gasteiger charge is 2.38. The zero-order valence-electron chi connectivity index (χ0n) is 9.09. The van der Waals surface area contributed by atoms with Gasteiger partial charge in [0.1, 0.15) is 0 Å². The van der Waals surface area contributed by atoms with Gasteiger partial charge in [0.15, 0.2) is 5.60 Å². The number of rotatable bonds is 2. The average Bonchev–Trinajstić information content (AvgIpc) is 2.30. The zero-order valence-corrected chi connectivity index (χ0v) is 9.09. The van der Waals surface area contributed by atoms with E-state index < -0.39 is 11.5 Å². The van der Waals surface area contributed by atoms with Gasteiger partial charge in [-0.15, -0.1) is 0 Å². The first-order valence-corrected chi connectivity index (χ1v) is 5.08. The van der Waals surface area contributed by atoms with Gasteiger partial charge in [0, 0.05) is 18.9 Å². The average molecular weight is 222 g/mol. The first kappa shape index (κ1) is 10.8. The van der Waals surface area contributed by atoms with Gasteiger partial charge in [-0.25, -0.2) is 9.97 Å². The highest BCUT2D eigenvalue weighted by Crippen LogP contribution is 2.19. The van der Waals surface area contributed by atoms with Crippen molar-refractivity contribution in [3.05, 3.63) is 18.5 Å². The summed E-state index contributed by atoms with van der Waals surface area (Å²) >= 11 is 0. The smallest absolute Gasteiger partial charge is 0.251 e. The lowest BCUT2D eigenvalue weighted by Gasteiger charge is -2.38. The lowest BCUT2D eigenvalue weighted by molar-refractivity contribution is -0.142. The molecule has 6 nitrogen and oxygen atoms in total. The molecular formula is C10H14N4O2. The van der Waals surface area contributed by atoms with E-state index in [0.29, 0.717) is 25.6 Å². The fourth-order valence-electron chi connectivity index (χ4n) is 1.64. The Labute approximate surface area is 93.4 Å². The van der Waals surface area contributed by atoms with Crippen LogP contribution >= 0.6 is 0 Å². The number of carbonyl (C=O) groups excluding carboxylic acids is 1. The summed E-state index contributed by atoms with van der Waals surface area (Å²) in [5.74, 6) is 0.131. The van der Waals surface area contributed by atoms with Crippen LogP contribution in [0, 0.1) is 0 Å². The van der Waals surface area contributed by atoms with E-state index in [0.717, 1.165) is 0 Å². The monoisotopic (exact) mass is 222 g/mol. The number of anilines is 1. The topological polar surface area (TPSA) is 81.3 Å². The molecule has 1 saturated heterocycles. The molecule has 2 N–H and O–H groups in total. The van der Waals surface area contributed by atoms with Crippen LogP contribution in [0.1, 0.15) is 6.92 Å². The van der Waals surface area contributed by atoms with Crippen molar-refractivity contribution in [1.82, 2.24) is 9.97 Å². The Morgan fingerprint density at radius 2 is 2.25 bits per heavy atom. The third-order valence-corrected chi connectivity index (χ3v) is 2.63. The van der Waals surface area contributed by atoms with E-state index in [4.69, 9.17) is 10.5 Å². The van der Waals surface area contributed by atoms with Crippen molar-refractivity contribution in [2.45, 2.75) is 12.5 Å². The molecule has 86 valence electrons. The van der Waals surface area contributed by atoms with Gasteiger partial charge in [0.05, 0.1) is 13.2 Å². The first-order valence-electron chi connectivity index (χ1n) is 5.08. The Morgan fingerprint density at radius 1 is 1.56 bits per heavy atom. The number of hydrogen-bond donors (Lipinski definition) is 1. The van der Waals surface area contributed by atoms with Crippen LogP contribution in [-0.2, 0) is 9.53 Å². The molecule has 1 aromatic heterocycles. The van der Waals surface area contributed by atoms with Gasteiger partial charge in [-0.2, -0.15) is 0 Å². The molecule has 6 heteroatoms. The van der Waals surface area contributed by atoms with Crippen LogP contribution < -0.4 is 10.6 Å². The number of primary amides is 1. The predicted octanol–water partition coefficient (Wildman–Crippen LogP) is -0.443. The van der Waals surface area contributed by atoms with Gasteiger partial charge in [-0.05, 0) is 13.0 Å². The van der Waals surface area contributed by atoms with Gasteiger partial charge >= 0.3 is 0 Å². The van der Waals surface area contributed by atoms with Crippen molar-refractivity contribution in [1.29, 1.82) is 0 Å². The number of carbonyl (C=O) groups is 1. The van der Waals surface area contributed by atoms with E-state index in [1.54, 1.807) is 25.4 Å². The standard InChI is InChI=1S/C10H14N4O2/c1-10(8(11)15)7-14(5-6-16-10)9-12-3-2-4-13-9/h2-4H,5-7H2,1H3,(H2,11,15)/t10-/m0/s1. The molecule has 1 aromatic rings. The molecule has 0 saturated carbocycles. The number of hydrogen-bond acceptors (Lipinski definition) is 5. The van der Waals surface area contributed by atoms with Gasteiger partial charge in [-0.1, -0.05) is 0 Å². The quantitative estimate of drug-likeness (QED) is 0.733. The van der Waals surface area contributed by atoms with Crippen LogP contribution in [-0.4, -0.2) is 41.2 Å². The van der Waals surface area contributed by atoms with E-state index in [1.807, 2.05) is 4.90 Å². The normalized spacial score (nSPS) is 25.4. The lowest BCUT2D eigenvalue weighted by Crippen LogP contribution is -2.57. The molecule has 0 aromatic carbocycles. The predicted molar refractivity (Wildman–Crippen MR) is 57.8 cm³/mol. The molecule has 1 fully saturated rings. The number of amides is 1. The number of nitrogens with two attached hydrogens (primary N) is 1. The number of morpholine rings is 1. The summed E-state index contributed by atoms with van der Waals surface area (Å²) in [5, 5.41) is 0. The van der Waals surface area contributed by atoms with Gasteiger partial charge < -0.3 is 15.4 Å². The highest BCUT2D eigenvalue weighted by molar-refractivity contribution is 5.84. The van der Waals surface area contributed by atoms with Crippen molar-refractivity contribution in [2.24, 2.45) is 5.73 Å². The van der Waals surface area contributed by atoms with E-state index in [-0.39, 0.29) is 0 Å². The Kier molecular flexibility index (Phi) is 2.74. The minimum Gasteiger partial charge on any atom is -0.367 e. The largest absolute Gasteiger partial charge is 0.367 e. The van der Waals surface area contributed by atoms with Crippen molar-refractivity contribution >= 4 is 11.9 Å². The Balaban J connectivity index is 2.17. The molecular weight excluding hydrogens is 208 g/mol. The summed E-state index contributed by atoms with van der Waals surface area (Å²) in [5.41, 5.74) is 4.35. The van der Waals surface area contributed by atoms with Crippen molar-refractivity contribution in [3.63, 3.8) is 0 Å². The van der Waals surface area contributed by atoms with Crippen molar-refractivity contribution in [2.75, 3.05) is 24.6 Å². The van der Waals surface area contributed by atoms with Crippen molar-refractivity contribution in [3.8, 4) is 0 Å². The third kappa shape index (κ3) is 1.96. The summed E-state index contributed by atoms with van der Waals surface area (Å²) < 4.78 is 5.41. The minimum absolute atomic E-state index is 0.381. The second kappa shape index (κ2) is 4.05. The number of aromatic nitrogens is 2. The molecule has 1 amide bonds. The van der Waals surface area contributed by atoms with Crippen molar-refractivity contribution < 1.29 is 9.53 Å². The maximum Gasteiger partial charge on any atom is 0.251 e. The van der Waals surface area contributed by atoms with Crippen LogP contribution in [0.25, 0.3) is 0 Å². The van der Waals surface area contributed by atoms with E-state index >= 15 is 0 Å². The van der Waals surface area contributed by atoms with Crippen LogP contribution in [0.15, 0.2) is 18.5 Å². The van der Waals surface area contributed by atoms with Crippen LogP contribution in [0.4, 0.5) is 5.95 Å². The fourth-order valence-corrected chi connectivity index (χ4v) is 1.64. The maximum atomic E-state index is 11.3. The first-order chi connectivity index (χ1) is 7.62. The second-order valence-electron chi connectivity index (χ2n) is 3.91. The molecule has 0 spiro atoms.